The summed E-state index contributed by atoms with van der Waals surface area (Å²) in [5.74, 6) is 1.08. The molecule has 0 bridgehead atoms. The predicted octanol–water partition coefficient (Wildman–Crippen LogP) is 2.92. The predicted molar refractivity (Wildman–Crippen MR) is 58.3 cm³/mol. The summed E-state index contributed by atoms with van der Waals surface area (Å²) in [6, 6.07) is 0. The zero-order valence-electron chi connectivity index (χ0n) is 8.73. The molecule has 0 aliphatic heterocycles. The number of rotatable bonds is 3. The van der Waals surface area contributed by atoms with E-state index in [9.17, 15) is 5.11 Å². The number of hydrogen-bond donors (Lipinski definition) is 1. The van der Waals surface area contributed by atoms with Crippen molar-refractivity contribution in [1.82, 2.24) is 4.98 Å². The Bertz CT molecular complexity index is 306. The monoisotopic (exact) mass is 211 g/mol. The maximum absolute atomic E-state index is 10.1. The maximum Gasteiger partial charge on any atom is 0.0996 e. The number of nitrogens with zero attached hydrogens (tertiary/aromatic N) is 1. The van der Waals surface area contributed by atoms with Gasteiger partial charge in [-0.15, -0.1) is 11.3 Å². The quantitative estimate of drug-likeness (QED) is 0.834. The molecule has 1 saturated carbocycles. The highest BCUT2D eigenvalue weighted by atomic mass is 32.1. The van der Waals surface area contributed by atoms with Crippen molar-refractivity contribution < 1.29 is 5.11 Å². The third kappa shape index (κ3) is 1.84. The Morgan fingerprint density at radius 3 is 2.71 bits per heavy atom. The van der Waals surface area contributed by atoms with Crippen LogP contribution in [-0.2, 0) is 0 Å². The van der Waals surface area contributed by atoms with E-state index in [1.807, 2.05) is 12.3 Å². The summed E-state index contributed by atoms with van der Waals surface area (Å²) in [4.78, 5) is 4.34. The minimum Gasteiger partial charge on any atom is -0.386 e. The van der Waals surface area contributed by atoms with Crippen LogP contribution >= 0.6 is 11.3 Å². The van der Waals surface area contributed by atoms with E-state index in [-0.39, 0.29) is 6.10 Å². The van der Waals surface area contributed by atoms with Gasteiger partial charge in [-0.25, -0.2) is 4.98 Å². The van der Waals surface area contributed by atoms with Crippen molar-refractivity contribution in [2.24, 2.45) is 11.8 Å². The fourth-order valence-electron chi connectivity index (χ4n) is 2.01. The zero-order valence-corrected chi connectivity index (χ0v) is 9.55. The van der Waals surface area contributed by atoms with Crippen molar-refractivity contribution in [3.05, 3.63) is 16.1 Å². The van der Waals surface area contributed by atoms with Gasteiger partial charge in [0.2, 0.25) is 0 Å². The zero-order chi connectivity index (χ0) is 10.1. The second kappa shape index (κ2) is 3.99. The summed E-state index contributed by atoms with van der Waals surface area (Å²) >= 11 is 1.62. The van der Waals surface area contributed by atoms with Gasteiger partial charge in [0.1, 0.15) is 0 Å². The van der Waals surface area contributed by atoms with Crippen LogP contribution in [-0.4, -0.2) is 10.1 Å². The molecule has 78 valence electrons. The number of aliphatic hydroxyl groups excluding tert-OH is 1. The summed E-state index contributed by atoms with van der Waals surface area (Å²) in [6.07, 6.45) is 3.53. The van der Waals surface area contributed by atoms with Crippen LogP contribution in [0.25, 0.3) is 0 Å². The largest absolute Gasteiger partial charge is 0.386 e. The van der Waals surface area contributed by atoms with E-state index in [0.717, 1.165) is 10.7 Å². The van der Waals surface area contributed by atoms with Crippen LogP contribution in [0.5, 0.6) is 0 Å². The third-order valence-electron chi connectivity index (χ3n) is 3.33. The molecule has 0 amide bonds. The molecule has 1 aliphatic rings. The molecular formula is C11H17NOS. The Morgan fingerprint density at radius 2 is 2.29 bits per heavy atom. The molecule has 14 heavy (non-hydrogen) atoms. The molecule has 0 radical (unpaired) electrons. The van der Waals surface area contributed by atoms with Crippen LogP contribution in [0.2, 0.25) is 0 Å². The second-order valence-corrected chi connectivity index (χ2v) is 5.35. The molecule has 1 N–H and O–H groups in total. The van der Waals surface area contributed by atoms with Gasteiger partial charge in [-0.2, -0.15) is 0 Å². The summed E-state index contributed by atoms with van der Waals surface area (Å²) in [5, 5.41) is 13.1. The van der Waals surface area contributed by atoms with Gasteiger partial charge in [0.05, 0.1) is 16.8 Å². The number of hydrogen-bond acceptors (Lipinski definition) is 3. The van der Waals surface area contributed by atoms with Gasteiger partial charge < -0.3 is 5.11 Å². The standard InChI is InChI=1S/C11H17NOS/c1-7(9-4-3-5-9)11(13)10-6-14-8(2)12-10/h6-7,9,11,13H,3-5H2,1-2H3. The summed E-state index contributed by atoms with van der Waals surface area (Å²) in [5.41, 5.74) is 0.868. The van der Waals surface area contributed by atoms with E-state index in [1.54, 1.807) is 11.3 Å². The van der Waals surface area contributed by atoms with Crippen molar-refractivity contribution in [3.63, 3.8) is 0 Å². The van der Waals surface area contributed by atoms with Crippen molar-refractivity contribution in [2.75, 3.05) is 0 Å². The maximum atomic E-state index is 10.1. The van der Waals surface area contributed by atoms with Crippen LogP contribution in [0.3, 0.4) is 0 Å². The fraction of sp³-hybridized carbons (Fsp3) is 0.727. The number of aryl methyl sites for hydroxylation is 1. The van der Waals surface area contributed by atoms with E-state index >= 15 is 0 Å². The van der Waals surface area contributed by atoms with E-state index in [1.165, 1.54) is 19.3 Å². The van der Waals surface area contributed by atoms with Crippen molar-refractivity contribution >= 4 is 11.3 Å². The van der Waals surface area contributed by atoms with Crippen molar-refractivity contribution in [3.8, 4) is 0 Å². The van der Waals surface area contributed by atoms with E-state index in [2.05, 4.69) is 11.9 Å². The highest BCUT2D eigenvalue weighted by Gasteiger charge is 2.30. The molecule has 3 heteroatoms. The molecule has 2 unspecified atom stereocenters. The van der Waals surface area contributed by atoms with Crippen molar-refractivity contribution in [2.45, 2.75) is 39.2 Å². The lowest BCUT2D eigenvalue weighted by atomic mass is 9.74. The molecule has 2 atom stereocenters. The highest BCUT2D eigenvalue weighted by Crippen LogP contribution is 2.39. The third-order valence-corrected chi connectivity index (χ3v) is 4.12. The van der Waals surface area contributed by atoms with Crippen LogP contribution in [0.1, 0.15) is 43.0 Å². The normalized spacial score (nSPS) is 21.6. The lowest BCUT2D eigenvalue weighted by molar-refractivity contribution is 0.0508. The van der Waals surface area contributed by atoms with Gasteiger partial charge in [0, 0.05) is 5.38 Å². The van der Waals surface area contributed by atoms with E-state index in [4.69, 9.17) is 0 Å². The first kappa shape index (κ1) is 10.1. The molecular weight excluding hydrogens is 194 g/mol. The number of thiazole rings is 1. The van der Waals surface area contributed by atoms with Crippen LogP contribution in [0.4, 0.5) is 0 Å². The Balaban J connectivity index is 2.03. The fourth-order valence-corrected chi connectivity index (χ4v) is 2.65. The molecule has 1 aromatic rings. The average molecular weight is 211 g/mol. The van der Waals surface area contributed by atoms with Gasteiger partial charge in [0.25, 0.3) is 0 Å². The number of aromatic nitrogens is 1. The van der Waals surface area contributed by atoms with Gasteiger partial charge >= 0.3 is 0 Å². The molecule has 0 aromatic carbocycles. The lowest BCUT2D eigenvalue weighted by Crippen LogP contribution is -2.25. The Hall–Kier alpha value is -0.410. The summed E-state index contributed by atoms with van der Waals surface area (Å²) in [6.45, 7) is 4.12. The first-order valence-corrected chi connectivity index (χ1v) is 6.16. The highest BCUT2D eigenvalue weighted by molar-refractivity contribution is 7.09. The molecule has 1 aliphatic carbocycles. The van der Waals surface area contributed by atoms with E-state index in [0.29, 0.717) is 11.8 Å². The topological polar surface area (TPSA) is 33.1 Å². The molecule has 1 fully saturated rings. The Labute approximate surface area is 89.0 Å². The molecule has 0 spiro atoms. The minimum atomic E-state index is -0.356. The smallest absolute Gasteiger partial charge is 0.0996 e. The molecule has 2 nitrogen and oxygen atoms in total. The molecule has 1 aromatic heterocycles. The first-order valence-electron chi connectivity index (χ1n) is 5.28. The molecule has 0 saturated heterocycles. The van der Waals surface area contributed by atoms with E-state index < -0.39 is 0 Å². The van der Waals surface area contributed by atoms with Crippen molar-refractivity contribution in [1.29, 1.82) is 0 Å². The van der Waals surface area contributed by atoms with Gasteiger partial charge in [-0.3, -0.25) is 0 Å². The summed E-state index contributed by atoms with van der Waals surface area (Å²) in [7, 11) is 0. The minimum absolute atomic E-state index is 0.356. The van der Waals surface area contributed by atoms with Crippen LogP contribution < -0.4 is 0 Å². The van der Waals surface area contributed by atoms with Gasteiger partial charge in [-0.1, -0.05) is 26.2 Å². The molecule has 2 rings (SSSR count). The Kier molecular flexibility index (Phi) is 2.88. The first-order chi connectivity index (χ1) is 6.68. The number of aliphatic hydroxyl groups is 1. The summed E-state index contributed by atoms with van der Waals surface area (Å²) < 4.78 is 0. The van der Waals surface area contributed by atoms with Crippen LogP contribution in [0, 0.1) is 18.8 Å². The molecule has 1 heterocycles. The lowest BCUT2D eigenvalue weighted by Gasteiger charge is -2.33. The van der Waals surface area contributed by atoms with Crippen LogP contribution in [0.15, 0.2) is 5.38 Å². The average Bonchev–Trinajstić information content (AvgIpc) is 2.47. The SMILES string of the molecule is Cc1nc(C(O)C(C)C2CCC2)cs1. The second-order valence-electron chi connectivity index (χ2n) is 4.29. The Morgan fingerprint density at radius 1 is 1.57 bits per heavy atom. The van der Waals surface area contributed by atoms with Gasteiger partial charge in [0.15, 0.2) is 0 Å². The van der Waals surface area contributed by atoms with Gasteiger partial charge in [-0.05, 0) is 18.8 Å².